The van der Waals surface area contributed by atoms with E-state index in [1.165, 1.54) is 11.1 Å². The molecule has 0 aliphatic heterocycles. The van der Waals surface area contributed by atoms with Gasteiger partial charge in [-0.15, -0.1) is 0 Å². The Hall–Kier alpha value is -2.33. The van der Waals surface area contributed by atoms with Crippen LogP contribution in [0.1, 0.15) is 29.5 Å². The molecule has 0 heterocycles. The summed E-state index contributed by atoms with van der Waals surface area (Å²) in [5.41, 5.74) is 6.19. The Morgan fingerprint density at radius 2 is 1.78 bits per heavy atom. The fourth-order valence-electron chi connectivity index (χ4n) is 2.90. The molecule has 3 rings (SSSR count). The van der Waals surface area contributed by atoms with Crippen LogP contribution in [0, 0.1) is 6.92 Å². The molecular weight excluding hydrogens is 288 g/mol. The second-order valence-corrected chi connectivity index (χ2v) is 6.15. The average molecular weight is 310 g/mol. The Morgan fingerprint density at radius 1 is 1.09 bits per heavy atom. The van der Waals surface area contributed by atoms with Crippen molar-refractivity contribution in [2.45, 2.75) is 31.8 Å². The summed E-state index contributed by atoms with van der Waals surface area (Å²) in [7, 11) is 0. The van der Waals surface area contributed by atoms with Gasteiger partial charge in [0, 0.05) is 12.0 Å². The molecule has 2 N–H and O–H groups in total. The van der Waals surface area contributed by atoms with Gasteiger partial charge in [-0.3, -0.25) is 4.84 Å². The van der Waals surface area contributed by atoms with Crippen LogP contribution in [-0.4, -0.2) is 12.6 Å². The molecule has 0 radical (unpaired) electrons. The maximum absolute atomic E-state index is 11.9. The highest BCUT2D eigenvalue weighted by Gasteiger charge is 2.45. The maximum Gasteiger partial charge on any atom is 0.338 e. The first-order valence-electron chi connectivity index (χ1n) is 7.95. The molecule has 23 heavy (non-hydrogen) atoms. The van der Waals surface area contributed by atoms with E-state index in [0.717, 1.165) is 18.4 Å². The van der Waals surface area contributed by atoms with E-state index in [9.17, 15) is 4.79 Å². The van der Waals surface area contributed by atoms with Crippen molar-refractivity contribution in [2.24, 2.45) is 0 Å². The lowest BCUT2D eigenvalue weighted by Gasteiger charge is -2.19. The van der Waals surface area contributed by atoms with Crippen LogP contribution < -0.4 is 10.8 Å². The Labute approximate surface area is 136 Å². The Morgan fingerprint density at radius 3 is 2.48 bits per heavy atom. The standard InChI is InChI=1S/C19H22N2O2/c1-15-7-5-6-10-17(15)19(11-12-19)14-20-18(22)21-23-13-16-8-3-2-4-9-16/h2-10H,11-14H2,1H3,(H2,20,21,22). The molecule has 120 valence electrons. The van der Waals surface area contributed by atoms with E-state index in [1.807, 2.05) is 36.4 Å². The van der Waals surface area contributed by atoms with Gasteiger partial charge in [0.05, 0.1) is 6.61 Å². The fraction of sp³-hybridized carbons (Fsp3) is 0.316. The normalized spacial score (nSPS) is 15.0. The van der Waals surface area contributed by atoms with Crippen LogP contribution >= 0.6 is 0 Å². The summed E-state index contributed by atoms with van der Waals surface area (Å²) in [5.74, 6) is 0. The van der Waals surface area contributed by atoms with Gasteiger partial charge in [-0.1, -0.05) is 54.6 Å². The van der Waals surface area contributed by atoms with Crippen molar-refractivity contribution in [3.05, 3.63) is 71.3 Å². The molecule has 0 saturated heterocycles. The predicted molar refractivity (Wildman–Crippen MR) is 89.9 cm³/mol. The number of carbonyl (C=O) groups excluding carboxylic acids is 1. The molecule has 0 spiro atoms. The van der Waals surface area contributed by atoms with Gasteiger partial charge in [-0.2, -0.15) is 0 Å². The third-order valence-electron chi connectivity index (χ3n) is 4.40. The molecule has 0 atom stereocenters. The highest BCUT2D eigenvalue weighted by molar-refractivity contribution is 5.73. The number of rotatable bonds is 6. The smallest absolute Gasteiger partial charge is 0.335 e. The zero-order valence-corrected chi connectivity index (χ0v) is 13.3. The summed E-state index contributed by atoms with van der Waals surface area (Å²) in [6.07, 6.45) is 2.23. The molecule has 1 fully saturated rings. The number of hydrogen-bond acceptors (Lipinski definition) is 2. The number of hydrogen-bond donors (Lipinski definition) is 2. The van der Waals surface area contributed by atoms with Gasteiger partial charge in [0.25, 0.3) is 0 Å². The molecule has 0 bridgehead atoms. The van der Waals surface area contributed by atoms with Gasteiger partial charge in [0.15, 0.2) is 0 Å². The highest BCUT2D eigenvalue weighted by Crippen LogP contribution is 2.48. The van der Waals surface area contributed by atoms with Crippen LogP contribution in [0.4, 0.5) is 4.79 Å². The second-order valence-electron chi connectivity index (χ2n) is 6.15. The van der Waals surface area contributed by atoms with Crippen molar-refractivity contribution >= 4 is 6.03 Å². The number of aryl methyl sites for hydroxylation is 1. The van der Waals surface area contributed by atoms with Gasteiger partial charge in [-0.05, 0) is 36.5 Å². The van der Waals surface area contributed by atoms with E-state index >= 15 is 0 Å². The summed E-state index contributed by atoms with van der Waals surface area (Å²) in [4.78, 5) is 17.1. The minimum Gasteiger partial charge on any atom is -0.335 e. The van der Waals surface area contributed by atoms with Gasteiger partial charge in [0.2, 0.25) is 0 Å². The number of hydroxylamine groups is 1. The summed E-state index contributed by atoms with van der Waals surface area (Å²) in [5, 5.41) is 2.92. The zero-order chi connectivity index (χ0) is 16.1. The molecule has 1 aliphatic carbocycles. The Kier molecular flexibility index (Phi) is 4.63. The van der Waals surface area contributed by atoms with Gasteiger partial charge in [-0.25, -0.2) is 10.3 Å². The van der Waals surface area contributed by atoms with Crippen molar-refractivity contribution < 1.29 is 9.63 Å². The molecule has 0 aromatic heterocycles. The molecule has 2 amide bonds. The quantitative estimate of drug-likeness (QED) is 0.803. The van der Waals surface area contributed by atoms with Gasteiger partial charge in [0.1, 0.15) is 0 Å². The molecule has 2 aromatic rings. The second kappa shape index (κ2) is 6.84. The molecule has 2 aromatic carbocycles. The third-order valence-corrected chi connectivity index (χ3v) is 4.40. The number of nitrogens with one attached hydrogen (secondary N) is 2. The molecule has 1 aliphatic rings. The number of amides is 2. The summed E-state index contributed by atoms with van der Waals surface area (Å²) in [6.45, 7) is 3.12. The monoisotopic (exact) mass is 310 g/mol. The Bertz CT molecular complexity index is 666. The van der Waals surface area contributed by atoms with E-state index in [2.05, 4.69) is 35.9 Å². The van der Waals surface area contributed by atoms with Crippen molar-refractivity contribution in [1.29, 1.82) is 0 Å². The van der Waals surface area contributed by atoms with Crippen LogP contribution in [0.3, 0.4) is 0 Å². The lowest BCUT2D eigenvalue weighted by atomic mass is 9.92. The van der Waals surface area contributed by atoms with Crippen LogP contribution in [0.25, 0.3) is 0 Å². The molecule has 4 nitrogen and oxygen atoms in total. The average Bonchev–Trinajstić information content (AvgIpc) is 3.35. The van der Waals surface area contributed by atoms with Crippen molar-refractivity contribution in [3.63, 3.8) is 0 Å². The SMILES string of the molecule is Cc1ccccc1C1(CNC(=O)NOCc2ccccc2)CC1. The predicted octanol–water partition coefficient (Wildman–Crippen LogP) is 3.46. The van der Waals surface area contributed by atoms with Crippen LogP contribution in [0.2, 0.25) is 0 Å². The summed E-state index contributed by atoms with van der Waals surface area (Å²) < 4.78 is 0. The Balaban J connectivity index is 1.45. The largest absolute Gasteiger partial charge is 0.338 e. The van der Waals surface area contributed by atoms with Crippen molar-refractivity contribution in [3.8, 4) is 0 Å². The van der Waals surface area contributed by atoms with Gasteiger partial charge >= 0.3 is 6.03 Å². The first kappa shape index (κ1) is 15.6. The summed E-state index contributed by atoms with van der Waals surface area (Å²) in [6, 6.07) is 17.8. The number of benzene rings is 2. The molecule has 4 heteroatoms. The first-order valence-corrected chi connectivity index (χ1v) is 7.95. The molecular formula is C19H22N2O2. The van der Waals surface area contributed by atoms with E-state index in [-0.39, 0.29) is 11.4 Å². The zero-order valence-electron chi connectivity index (χ0n) is 13.3. The summed E-state index contributed by atoms with van der Waals surface area (Å²) >= 11 is 0. The molecule has 1 saturated carbocycles. The first-order chi connectivity index (χ1) is 11.2. The number of urea groups is 1. The van der Waals surface area contributed by atoms with Crippen molar-refractivity contribution in [2.75, 3.05) is 6.54 Å². The number of carbonyl (C=O) groups is 1. The van der Waals surface area contributed by atoms with Crippen LogP contribution in [-0.2, 0) is 16.9 Å². The van der Waals surface area contributed by atoms with E-state index in [4.69, 9.17) is 4.84 Å². The van der Waals surface area contributed by atoms with Crippen LogP contribution in [0.15, 0.2) is 54.6 Å². The van der Waals surface area contributed by atoms with E-state index < -0.39 is 0 Å². The topological polar surface area (TPSA) is 50.4 Å². The lowest BCUT2D eigenvalue weighted by Crippen LogP contribution is -2.39. The highest BCUT2D eigenvalue weighted by atomic mass is 16.7. The minimum absolute atomic E-state index is 0.0993. The van der Waals surface area contributed by atoms with Crippen LogP contribution in [0.5, 0.6) is 0 Å². The van der Waals surface area contributed by atoms with Crippen molar-refractivity contribution in [1.82, 2.24) is 10.8 Å². The fourth-order valence-corrected chi connectivity index (χ4v) is 2.90. The van der Waals surface area contributed by atoms with E-state index in [0.29, 0.717) is 13.2 Å². The lowest BCUT2D eigenvalue weighted by molar-refractivity contribution is 0.0489. The van der Waals surface area contributed by atoms with Gasteiger partial charge < -0.3 is 5.32 Å². The van der Waals surface area contributed by atoms with E-state index in [1.54, 1.807) is 0 Å². The maximum atomic E-state index is 11.9. The molecule has 0 unspecified atom stereocenters. The third kappa shape index (κ3) is 3.90. The minimum atomic E-state index is -0.291.